The SMILES string of the molecule is C=CCN(C(=O)CN1C(=O)N(C)C2(CCCCC2)C1=O)c1nc2c(s1)CCCC2. The number of thiazole rings is 1. The largest absolute Gasteiger partial charge is 0.327 e. The fourth-order valence-corrected chi connectivity index (χ4v) is 5.94. The Morgan fingerprint density at radius 3 is 2.62 bits per heavy atom. The highest BCUT2D eigenvalue weighted by molar-refractivity contribution is 7.16. The molecule has 1 spiro atoms. The van der Waals surface area contributed by atoms with Crippen LogP contribution in [0.5, 0.6) is 0 Å². The molecule has 29 heavy (non-hydrogen) atoms. The number of aryl methyl sites for hydroxylation is 2. The number of nitrogens with zero attached hydrogens (tertiary/aromatic N) is 4. The molecule has 156 valence electrons. The fraction of sp³-hybridized carbons (Fsp3) is 0.619. The zero-order valence-electron chi connectivity index (χ0n) is 17.0. The molecule has 1 aromatic rings. The van der Waals surface area contributed by atoms with E-state index in [0.29, 0.717) is 24.5 Å². The Bertz CT molecular complexity index is 819. The quantitative estimate of drug-likeness (QED) is 0.546. The third-order valence-electron chi connectivity index (χ3n) is 6.46. The van der Waals surface area contributed by atoms with Gasteiger partial charge in [-0.15, -0.1) is 17.9 Å². The van der Waals surface area contributed by atoms with Crippen LogP contribution in [0.15, 0.2) is 12.7 Å². The zero-order valence-corrected chi connectivity index (χ0v) is 17.8. The second kappa shape index (κ2) is 7.89. The van der Waals surface area contributed by atoms with Crippen LogP contribution in [-0.4, -0.2) is 58.3 Å². The monoisotopic (exact) mass is 416 g/mol. The minimum Gasteiger partial charge on any atom is -0.313 e. The molecule has 7 nitrogen and oxygen atoms in total. The summed E-state index contributed by atoms with van der Waals surface area (Å²) in [5.74, 6) is -0.519. The first kappa shape index (κ1) is 20.1. The third-order valence-corrected chi connectivity index (χ3v) is 7.64. The van der Waals surface area contributed by atoms with Crippen molar-refractivity contribution in [2.24, 2.45) is 0 Å². The van der Waals surface area contributed by atoms with E-state index < -0.39 is 5.54 Å². The number of anilines is 1. The molecule has 2 heterocycles. The van der Waals surface area contributed by atoms with Crippen LogP contribution < -0.4 is 4.90 Å². The molecule has 0 unspecified atom stereocenters. The molecule has 0 N–H and O–H groups in total. The van der Waals surface area contributed by atoms with E-state index in [-0.39, 0.29) is 24.4 Å². The molecule has 4 rings (SSSR count). The lowest BCUT2D eigenvalue weighted by molar-refractivity contribution is -0.136. The van der Waals surface area contributed by atoms with Crippen molar-refractivity contribution in [3.05, 3.63) is 23.2 Å². The van der Waals surface area contributed by atoms with Gasteiger partial charge in [0.25, 0.3) is 5.91 Å². The Labute approximate surface area is 175 Å². The number of amides is 4. The van der Waals surface area contributed by atoms with Gasteiger partial charge in [-0.1, -0.05) is 25.3 Å². The summed E-state index contributed by atoms with van der Waals surface area (Å²) in [7, 11) is 1.69. The summed E-state index contributed by atoms with van der Waals surface area (Å²) in [6.45, 7) is 3.82. The van der Waals surface area contributed by atoms with Crippen molar-refractivity contribution in [2.75, 3.05) is 25.0 Å². The van der Waals surface area contributed by atoms with Crippen LogP contribution in [0, 0.1) is 0 Å². The zero-order chi connectivity index (χ0) is 20.6. The summed E-state index contributed by atoms with van der Waals surface area (Å²) in [5, 5.41) is 0.640. The lowest BCUT2D eigenvalue weighted by atomic mass is 9.81. The van der Waals surface area contributed by atoms with Crippen molar-refractivity contribution < 1.29 is 14.4 Å². The molecule has 1 aliphatic heterocycles. The Kier molecular flexibility index (Phi) is 5.46. The topological polar surface area (TPSA) is 73.8 Å². The average molecular weight is 417 g/mol. The molecule has 1 saturated heterocycles. The first-order chi connectivity index (χ1) is 14.0. The number of carbonyl (C=O) groups is 3. The van der Waals surface area contributed by atoms with Crippen LogP contribution in [0.1, 0.15) is 55.5 Å². The van der Waals surface area contributed by atoms with Crippen molar-refractivity contribution in [3.8, 4) is 0 Å². The number of carbonyl (C=O) groups excluding carboxylic acids is 3. The normalized spacial score (nSPS) is 20.9. The highest BCUT2D eigenvalue weighted by Gasteiger charge is 2.56. The predicted molar refractivity (Wildman–Crippen MR) is 112 cm³/mol. The minimum absolute atomic E-state index is 0.227. The van der Waals surface area contributed by atoms with Crippen molar-refractivity contribution >= 4 is 34.3 Å². The van der Waals surface area contributed by atoms with E-state index in [4.69, 9.17) is 0 Å². The molecule has 0 atom stereocenters. The average Bonchev–Trinajstić information content (AvgIpc) is 3.23. The first-order valence-corrected chi connectivity index (χ1v) is 11.3. The van der Waals surface area contributed by atoms with Gasteiger partial charge in [0.15, 0.2) is 5.13 Å². The number of hydrogen-bond donors (Lipinski definition) is 0. The number of fused-ring (bicyclic) bond motifs is 1. The molecule has 4 amide bonds. The predicted octanol–water partition coefficient (Wildman–Crippen LogP) is 3.14. The second-order valence-electron chi connectivity index (χ2n) is 8.19. The number of likely N-dealkylation sites (N-methyl/N-ethyl adjacent to an activating group) is 1. The Balaban J connectivity index is 1.55. The van der Waals surface area contributed by atoms with E-state index >= 15 is 0 Å². The van der Waals surface area contributed by atoms with E-state index in [0.717, 1.165) is 55.5 Å². The van der Waals surface area contributed by atoms with E-state index in [1.165, 1.54) is 4.88 Å². The van der Waals surface area contributed by atoms with Gasteiger partial charge in [0.05, 0.1) is 5.69 Å². The maximum Gasteiger partial charge on any atom is 0.327 e. The van der Waals surface area contributed by atoms with Crippen molar-refractivity contribution in [3.63, 3.8) is 0 Å². The number of aromatic nitrogens is 1. The van der Waals surface area contributed by atoms with Crippen molar-refractivity contribution in [1.82, 2.24) is 14.8 Å². The molecule has 1 aromatic heterocycles. The molecule has 2 aliphatic carbocycles. The van der Waals surface area contributed by atoms with Gasteiger partial charge < -0.3 is 4.90 Å². The molecule has 3 aliphatic rings. The van der Waals surface area contributed by atoms with Gasteiger partial charge in [-0.05, 0) is 38.5 Å². The van der Waals surface area contributed by atoms with E-state index in [2.05, 4.69) is 11.6 Å². The van der Waals surface area contributed by atoms with Crippen molar-refractivity contribution in [1.29, 1.82) is 0 Å². The molecule has 0 radical (unpaired) electrons. The summed E-state index contributed by atoms with van der Waals surface area (Å²) in [6.07, 6.45) is 10.2. The number of urea groups is 1. The molecule has 0 aromatic carbocycles. The van der Waals surface area contributed by atoms with Crippen LogP contribution in [0.2, 0.25) is 0 Å². The summed E-state index contributed by atoms with van der Waals surface area (Å²) >= 11 is 1.54. The summed E-state index contributed by atoms with van der Waals surface area (Å²) < 4.78 is 0. The van der Waals surface area contributed by atoms with Gasteiger partial charge in [0.1, 0.15) is 12.1 Å². The van der Waals surface area contributed by atoms with Gasteiger partial charge in [-0.25, -0.2) is 9.78 Å². The molecule has 0 bridgehead atoms. The van der Waals surface area contributed by atoms with Crippen LogP contribution in [-0.2, 0) is 22.4 Å². The summed E-state index contributed by atoms with van der Waals surface area (Å²) in [6, 6.07) is -0.373. The van der Waals surface area contributed by atoms with E-state index in [1.54, 1.807) is 34.3 Å². The molecular formula is C21H28N4O3S. The molecule has 2 fully saturated rings. The first-order valence-electron chi connectivity index (χ1n) is 10.5. The standard InChI is InChI=1S/C21H28N4O3S/c1-3-13-24(19-22-15-9-5-6-10-16(15)29-19)17(26)14-25-18(27)21(23(2)20(25)28)11-7-4-8-12-21/h3H,1,4-14H2,2H3. The van der Waals surface area contributed by atoms with Gasteiger partial charge in [-0.3, -0.25) is 19.4 Å². The maximum absolute atomic E-state index is 13.2. The molecule has 1 saturated carbocycles. The number of imide groups is 1. The van der Waals surface area contributed by atoms with Crippen LogP contribution in [0.4, 0.5) is 9.93 Å². The van der Waals surface area contributed by atoms with Gasteiger partial charge in [0.2, 0.25) is 5.91 Å². The van der Waals surface area contributed by atoms with Crippen LogP contribution in [0.3, 0.4) is 0 Å². The van der Waals surface area contributed by atoms with Crippen LogP contribution in [0.25, 0.3) is 0 Å². The molecular weight excluding hydrogens is 388 g/mol. The third kappa shape index (κ3) is 3.37. The lowest BCUT2D eigenvalue weighted by Crippen LogP contribution is -2.49. The summed E-state index contributed by atoms with van der Waals surface area (Å²) in [5.41, 5.74) is 0.312. The Morgan fingerprint density at radius 2 is 1.93 bits per heavy atom. The number of rotatable bonds is 5. The van der Waals surface area contributed by atoms with Crippen LogP contribution >= 0.6 is 11.3 Å². The van der Waals surface area contributed by atoms with Gasteiger partial charge in [0, 0.05) is 18.5 Å². The number of hydrogen-bond acceptors (Lipinski definition) is 5. The summed E-state index contributed by atoms with van der Waals surface area (Å²) in [4.78, 5) is 49.3. The van der Waals surface area contributed by atoms with Gasteiger partial charge in [-0.2, -0.15) is 0 Å². The highest BCUT2D eigenvalue weighted by Crippen LogP contribution is 2.39. The van der Waals surface area contributed by atoms with E-state index in [9.17, 15) is 14.4 Å². The fourth-order valence-electron chi connectivity index (χ4n) is 4.76. The van der Waals surface area contributed by atoms with E-state index in [1.807, 2.05) is 0 Å². The maximum atomic E-state index is 13.2. The Hall–Kier alpha value is -2.22. The smallest absolute Gasteiger partial charge is 0.313 e. The minimum atomic E-state index is -0.765. The molecule has 8 heteroatoms. The highest BCUT2D eigenvalue weighted by atomic mass is 32.1. The van der Waals surface area contributed by atoms with Crippen molar-refractivity contribution in [2.45, 2.75) is 63.3 Å². The second-order valence-corrected chi connectivity index (χ2v) is 9.25. The Morgan fingerprint density at radius 1 is 1.21 bits per heavy atom. The lowest BCUT2D eigenvalue weighted by Gasteiger charge is -2.35. The van der Waals surface area contributed by atoms with Gasteiger partial charge >= 0.3 is 6.03 Å².